The van der Waals surface area contributed by atoms with Crippen molar-refractivity contribution in [3.05, 3.63) is 197 Å². The minimum absolute atomic E-state index is 0.0506. The minimum atomic E-state index is -0.448. The second-order valence-corrected chi connectivity index (χ2v) is 51.1. The van der Waals surface area contributed by atoms with E-state index in [-0.39, 0.29) is 22.3 Å². The Hall–Kier alpha value is -11.9. The van der Waals surface area contributed by atoms with Crippen LogP contribution in [-0.4, -0.2) is 18.5 Å². The molecule has 44 rings (SSSR count). The fourth-order valence-electron chi connectivity index (χ4n) is 39.5. The Balaban J connectivity index is 0.547. The third-order valence-corrected chi connectivity index (χ3v) is 47.0. The third kappa shape index (κ3) is 5.95. The molecule has 35 aromatic carbocycles. The lowest BCUT2D eigenvalue weighted by molar-refractivity contribution is 0.271. The largest absolute Gasteiger partial charge is 0.297 e. The van der Waals surface area contributed by atoms with Gasteiger partial charge in [0.05, 0.1) is 19.3 Å². The van der Waals surface area contributed by atoms with Gasteiger partial charge in [-0.1, -0.05) is 268 Å². The van der Waals surface area contributed by atoms with Crippen LogP contribution < -0.4 is 10.4 Å². The van der Waals surface area contributed by atoms with Crippen molar-refractivity contribution in [2.75, 3.05) is 13.6 Å². The Morgan fingerprint density at radius 2 is 0.493 bits per heavy atom. The van der Waals surface area contributed by atoms with Gasteiger partial charge in [-0.15, -0.1) is 0 Å². The Kier molecular flexibility index (Phi) is 10.6. The molecule has 6 aliphatic carbocycles. The Labute approximate surface area is 805 Å². The fraction of sp³-hybridized carbons (Fsp3) is 0.233. The van der Waals surface area contributed by atoms with E-state index in [1.165, 1.54) is 213 Å². The first-order chi connectivity index (χ1) is 68.4. The summed E-state index contributed by atoms with van der Waals surface area (Å²) in [6.07, 6.45) is 24.8. The summed E-state index contributed by atoms with van der Waals surface area (Å²) < 4.78 is 2.76. The van der Waals surface area contributed by atoms with E-state index < -0.39 is 5.41 Å². The predicted molar refractivity (Wildman–Crippen MR) is 604 cm³/mol. The number of thioether (sulfide) groups is 4. The maximum Gasteiger partial charge on any atom is 0.0575 e. The molecule has 1 fully saturated rings. The summed E-state index contributed by atoms with van der Waals surface area (Å²) in [5, 5.41) is 108. The predicted octanol–water partition coefficient (Wildman–Crippen LogP) is 38.1. The van der Waals surface area contributed by atoms with E-state index >= 15 is 0 Å². The van der Waals surface area contributed by atoms with E-state index in [0.29, 0.717) is 0 Å². The van der Waals surface area contributed by atoms with E-state index in [9.17, 15) is 0 Å². The zero-order chi connectivity index (χ0) is 87.7. The van der Waals surface area contributed by atoms with Crippen molar-refractivity contribution in [2.45, 2.75) is 184 Å². The van der Waals surface area contributed by atoms with Gasteiger partial charge in [0.2, 0.25) is 0 Å². The quantitative estimate of drug-likeness (QED) is 0.0356. The number of hydrogen-bond donors (Lipinski definition) is 0. The number of fused-ring (bicyclic) bond motifs is 8. The summed E-state index contributed by atoms with van der Waals surface area (Å²) in [4.78, 5) is 3.12. The summed E-state index contributed by atoms with van der Waals surface area (Å²) in [6, 6.07) is 49.6. The van der Waals surface area contributed by atoms with Crippen LogP contribution in [0.3, 0.4) is 0 Å². The van der Waals surface area contributed by atoms with Crippen LogP contribution >= 0.6 is 47.0 Å². The van der Waals surface area contributed by atoms with Gasteiger partial charge in [-0.3, -0.25) is 4.90 Å². The number of likely N-dealkylation sites (tertiary alicyclic amines) is 1. The molecule has 1 nitrogen and oxygen atoms in total. The van der Waals surface area contributed by atoms with Crippen molar-refractivity contribution >= 4 is 368 Å². The van der Waals surface area contributed by atoms with Crippen LogP contribution in [-0.2, 0) is 21.7 Å². The zero-order valence-corrected chi connectivity index (χ0v) is 80.6. The van der Waals surface area contributed by atoms with E-state index in [1.807, 2.05) is 47.0 Å². The highest BCUT2D eigenvalue weighted by atomic mass is 32.2. The van der Waals surface area contributed by atoms with Crippen molar-refractivity contribution < 1.29 is 0 Å². The lowest BCUT2D eigenvalue weighted by Gasteiger charge is -2.52. The molecule has 9 aliphatic rings. The molecule has 1 atom stereocenters. The standard InChI is InChI=1S/C133H81NS4/c1-6-10-14-20-36-130(37-21-15-11-7-2)63-45-51(50-29-35-61-62(44-50)68(129-137-42-43-138-129)60-25-19-18-24-59(60)67(61)128-135-40-41-136-128)26-31-55(63)56-32-27-52(46-64(56)130)53-28-33-57-58-34-30-54(48-66(58)131(65(57)47-53,38-22-16-12-8-3)39-23-17-13-9-4)127-133-125-119-113-103-91-83-75-71-69-70-73-77(75)85(91)95-89-81(73)82-74(70)78-76-72(69)80-79(71)87-93(83)101-107-97(87)98-88(80)94-84(76)92-86(78)96-90(82)100-99(89)111(105(95)113)121(125)122-112(100)106(96)114-104(92)110-102(94)108(98)116-115(107)123(117(119)109(101)103)132(133,49-134(127)5)124(116)118(110)120(114)126(122)133/h18-19,24-35,40-48,127H,6-17,20-23,36-39,49H2,1-5H3. The molecular weight excluding hydrogens is 1740 g/mol. The number of benzene rings is 25. The lowest BCUT2D eigenvalue weighted by atomic mass is 9.47. The van der Waals surface area contributed by atoms with Crippen LogP contribution in [0.5, 0.6) is 0 Å². The first kappa shape index (κ1) is 69.8. The van der Waals surface area contributed by atoms with E-state index in [4.69, 9.17) is 0 Å². The molecule has 642 valence electrons. The van der Waals surface area contributed by atoms with Crippen LogP contribution in [0.15, 0.2) is 137 Å². The molecule has 0 aromatic heterocycles. The monoisotopic (exact) mass is 1820 g/mol. The molecule has 0 radical (unpaired) electrons. The molecule has 0 saturated carbocycles. The number of nitrogens with zero attached hydrogens (tertiary/aromatic N) is 1. The smallest absolute Gasteiger partial charge is 0.0575 e. The van der Waals surface area contributed by atoms with Gasteiger partial charge >= 0.3 is 0 Å². The first-order valence-corrected chi connectivity index (χ1v) is 56.7. The summed E-state index contributed by atoms with van der Waals surface area (Å²) in [5.74, 6) is 0. The van der Waals surface area contributed by atoms with Crippen LogP contribution in [0.1, 0.15) is 212 Å². The minimum Gasteiger partial charge on any atom is -0.297 e. The SMILES string of the molecule is CCCCCCC1(CCCCCC)c2cc(-c3ccc4c(c3)C(CCCCCC)(CCCCCC)c3cc(C5N(C)CC67c8c9c%10c%11c%12c%13c(c%14c%15c6c6c8c8c%16c9c9c%10c%10c%12c%12c%17c%13c%13c%14c%14c%15c%15c6c6c8c8c%16c%16c9c9c%10c%12c%10c%12c%17c%13c%13c%14c%14c%15c6c6c8c8c%16c9c%10c9c%12c%13c%14c6c89)C%1157)ccc3-4)ccc2-c2ccc(-c3ccc4c(=C5SC=CS5)c5ccccc5c(=C5SC=CS5)c4c3)cc21. The number of hydrogen-bond acceptors (Lipinski definition) is 5. The second kappa shape index (κ2) is 21.0. The van der Waals surface area contributed by atoms with Crippen molar-refractivity contribution in [1.82, 2.24) is 4.90 Å². The summed E-state index contributed by atoms with van der Waals surface area (Å²) >= 11 is 7.56. The molecule has 138 heavy (non-hydrogen) atoms. The maximum atomic E-state index is 3.12. The second-order valence-electron chi connectivity index (χ2n) is 46.9. The van der Waals surface area contributed by atoms with E-state index in [1.54, 1.807) is 341 Å². The van der Waals surface area contributed by atoms with E-state index in [0.717, 1.165) is 6.54 Å². The molecule has 5 heteroatoms. The average molecular weight is 1820 g/mol. The van der Waals surface area contributed by atoms with Crippen LogP contribution in [0, 0.1) is 0 Å². The third-order valence-electron chi connectivity index (χ3n) is 42.7. The highest BCUT2D eigenvalue weighted by molar-refractivity contribution is 8.35. The van der Waals surface area contributed by atoms with Gasteiger partial charge in [0.15, 0.2) is 0 Å². The van der Waals surface area contributed by atoms with Crippen molar-refractivity contribution in [1.29, 1.82) is 0 Å². The van der Waals surface area contributed by atoms with Gasteiger partial charge in [0.25, 0.3) is 0 Å². The van der Waals surface area contributed by atoms with Crippen molar-refractivity contribution in [2.24, 2.45) is 0 Å². The normalized spacial score (nSPS) is 20.2. The summed E-state index contributed by atoms with van der Waals surface area (Å²) in [6.45, 7) is 10.7. The Bertz CT molecular complexity index is 11400. The maximum absolute atomic E-state index is 3.12. The fourth-order valence-corrected chi connectivity index (χ4v) is 43.3. The number of likely N-dealkylation sites (N-methyl/N-ethyl adjacent to an activating group) is 1. The molecule has 35 aromatic rings. The molecule has 1 saturated heterocycles. The summed E-state index contributed by atoms with van der Waals surface area (Å²) in [5.41, 5.74) is 25.5. The number of rotatable bonds is 23. The zero-order valence-electron chi connectivity index (χ0n) is 77.3. The molecule has 0 bridgehead atoms. The van der Waals surface area contributed by atoms with Crippen molar-refractivity contribution in [3.63, 3.8) is 0 Å². The van der Waals surface area contributed by atoms with Gasteiger partial charge in [0.1, 0.15) is 0 Å². The molecule has 3 heterocycles. The molecule has 0 N–H and O–H groups in total. The molecule has 3 aliphatic heterocycles. The number of unbranched alkanes of at least 4 members (excludes halogenated alkanes) is 12. The van der Waals surface area contributed by atoms with E-state index in [2.05, 4.69) is 177 Å². The highest BCUT2D eigenvalue weighted by Crippen LogP contribution is 2.88. The highest BCUT2D eigenvalue weighted by Gasteiger charge is 2.76. The van der Waals surface area contributed by atoms with Gasteiger partial charge < -0.3 is 0 Å². The lowest BCUT2D eigenvalue weighted by Crippen LogP contribution is -2.52. The molecule has 0 amide bonds. The van der Waals surface area contributed by atoms with Crippen molar-refractivity contribution in [3.8, 4) is 44.5 Å². The van der Waals surface area contributed by atoms with Crippen LogP contribution in [0.25, 0.3) is 365 Å². The molecular formula is C133H81NS4. The van der Waals surface area contributed by atoms with Crippen LogP contribution in [0.4, 0.5) is 0 Å². The Morgan fingerprint density at radius 3 is 0.790 bits per heavy atom. The van der Waals surface area contributed by atoms with Gasteiger partial charge in [0, 0.05) is 33.9 Å². The average Bonchev–Trinajstić information content (AvgIpc) is 1.38. The molecule has 2 spiro atoms. The van der Waals surface area contributed by atoms with Gasteiger partial charge in [-0.05, 0) is 486 Å². The van der Waals surface area contributed by atoms with Crippen LogP contribution in [0.2, 0.25) is 0 Å². The van der Waals surface area contributed by atoms with Gasteiger partial charge in [-0.25, -0.2) is 0 Å². The summed E-state index contributed by atoms with van der Waals surface area (Å²) in [7, 11) is 2.71. The van der Waals surface area contributed by atoms with Gasteiger partial charge in [-0.2, -0.15) is 0 Å². The Morgan fingerprint density at radius 1 is 0.246 bits per heavy atom. The first-order valence-electron chi connectivity index (χ1n) is 53.1. The molecule has 1 unspecified atom stereocenters. The topological polar surface area (TPSA) is 3.24 Å².